The Morgan fingerprint density at radius 1 is 1.46 bits per heavy atom. The third kappa shape index (κ3) is 5.41. The van der Waals surface area contributed by atoms with Gasteiger partial charge in [-0.3, -0.25) is 4.79 Å². The number of benzene rings is 1. The Bertz CT molecular complexity index is 748. The van der Waals surface area contributed by atoms with E-state index in [0.29, 0.717) is 18.3 Å². The van der Waals surface area contributed by atoms with Crippen molar-refractivity contribution in [3.05, 3.63) is 45.4 Å². The maximum Gasteiger partial charge on any atom is 0.243 e. The number of nitrogens with two attached hydrogens (primary N) is 1. The van der Waals surface area contributed by atoms with Crippen molar-refractivity contribution in [3.8, 4) is 0 Å². The number of carbonyl (C=O) groups is 1. The Balaban J connectivity index is 0.00000243. The van der Waals surface area contributed by atoms with Crippen molar-refractivity contribution >= 4 is 46.4 Å². The first-order chi connectivity index (χ1) is 12.0. The van der Waals surface area contributed by atoms with Crippen LogP contribution in [0.25, 0.3) is 0 Å². The van der Waals surface area contributed by atoms with E-state index in [1.54, 1.807) is 6.20 Å². The lowest BCUT2D eigenvalue weighted by Crippen LogP contribution is -2.43. The molecule has 0 aliphatic carbocycles. The van der Waals surface area contributed by atoms with E-state index in [2.05, 4.69) is 10.3 Å². The molecule has 3 N–H and O–H groups in total. The zero-order valence-corrected chi connectivity index (χ0v) is 16.9. The van der Waals surface area contributed by atoms with Crippen LogP contribution in [0.3, 0.4) is 0 Å². The molecule has 1 fully saturated rings. The number of rotatable bonds is 5. The molecule has 5 nitrogen and oxygen atoms in total. The predicted octanol–water partition coefficient (Wildman–Crippen LogP) is 3.81. The second kappa shape index (κ2) is 9.67. The number of nitrogens with zero attached hydrogens (tertiary/aromatic N) is 1. The Kier molecular flexibility index (Phi) is 7.85. The zero-order valence-electron chi connectivity index (χ0n) is 14.5. The monoisotopic (exact) mass is 415 g/mol. The quantitative estimate of drug-likeness (QED) is 0.777. The van der Waals surface area contributed by atoms with Crippen LogP contribution in [0.5, 0.6) is 0 Å². The fourth-order valence-electron chi connectivity index (χ4n) is 2.97. The minimum Gasteiger partial charge on any atom is -0.381 e. The van der Waals surface area contributed by atoms with Gasteiger partial charge in [0, 0.05) is 35.7 Å². The molecule has 0 spiro atoms. The number of aromatic nitrogens is 1. The topological polar surface area (TPSA) is 77.2 Å². The second-order valence-corrected chi connectivity index (χ2v) is 7.90. The number of carbonyl (C=O) groups excluding carboxylic acids is 1. The first kappa shape index (κ1) is 21.1. The number of anilines is 1. The molecule has 1 aliphatic rings. The molecule has 8 heteroatoms. The molecule has 3 rings (SSSR count). The lowest BCUT2D eigenvalue weighted by Gasteiger charge is -2.26. The van der Waals surface area contributed by atoms with E-state index in [-0.39, 0.29) is 24.2 Å². The third-order valence-electron chi connectivity index (χ3n) is 4.53. The number of ether oxygens (including phenoxy) is 1. The van der Waals surface area contributed by atoms with E-state index in [0.717, 1.165) is 34.7 Å². The number of amides is 1. The Morgan fingerprint density at radius 3 is 2.88 bits per heavy atom. The van der Waals surface area contributed by atoms with Crippen molar-refractivity contribution in [3.63, 3.8) is 0 Å². The minimum atomic E-state index is -0.519. The Morgan fingerprint density at radius 2 is 2.19 bits per heavy atom. The van der Waals surface area contributed by atoms with Crippen molar-refractivity contribution in [2.24, 2.45) is 11.7 Å². The molecule has 0 bridgehead atoms. The van der Waals surface area contributed by atoms with E-state index in [9.17, 15) is 4.79 Å². The molecule has 26 heavy (non-hydrogen) atoms. The van der Waals surface area contributed by atoms with Crippen LogP contribution in [0.1, 0.15) is 28.8 Å². The summed E-state index contributed by atoms with van der Waals surface area (Å²) < 4.78 is 5.32. The average molecular weight is 416 g/mol. The van der Waals surface area contributed by atoms with Gasteiger partial charge in [-0.2, -0.15) is 0 Å². The van der Waals surface area contributed by atoms with E-state index in [1.807, 2.05) is 25.1 Å². The van der Waals surface area contributed by atoms with Crippen LogP contribution < -0.4 is 11.1 Å². The smallest absolute Gasteiger partial charge is 0.243 e. The van der Waals surface area contributed by atoms with Crippen molar-refractivity contribution in [1.82, 2.24) is 4.98 Å². The highest BCUT2D eigenvalue weighted by atomic mass is 35.5. The van der Waals surface area contributed by atoms with Crippen molar-refractivity contribution in [1.29, 1.82) is 0 Å². The van der Waals surface area contributed by atoms with Crippen molar-refractivity contribution < 1.29 is 9.53 Å². The van der Waals surface area contributed by atoms with E-state index in [1.165, 1.54) is 16.9 Å². The van der Waals surface area contributed by atoms with Gasteiger partial charge in [0.2, 0.25) is 5.91 Å². The summed E-state index contributed by atoms with van der Waals surface area (Å²) in [5, 5.41) is 4.18. The highest BCUT2D eigenvalue weighted by Gasteiger charge is 2.27. The van der Waals surface area contributed by atoms with Crippen LogP contribution in [0.4, 0.5) is 5.13 Å². The molecule has 1 atom stereocenters. The standard InChI is InChI=1S/C18H22ClN3O2S.ClH/c1-11-8-14(19)3-2-13(11)9-15-10-21-18(25-15)22-17(23)16(20)12-4-6-24-7-5-12;/h2-3,8,10,12,16H,4-7,9,20H2,1H3,(H,21,22,23);1H. The van der Waals surface area contributed by atoms with Crippen LogP contribution in [0.2, 0.25) is 5.02 Å². The molecule has 1 aliphatic heterocycles. The lowest BCUT2D eigenvalue weighted by atomic mass is 9.92. The number of halogens is 2. The number of hydrogen-bond acceptors (Lipinski definition) is 5. The summed E-state index contributed by atoms with van der Waals surface area (Å²) in [6.45, 7) is 3.39. The van der Waals surface area contributed by atoms with Gasteiger partial charge < -0.3 is 15.8 Å². The van der Waals surface area contributed by atoms with Gasteiger partial charge >= 0.3 is 0 Å². The maximum absolute atomic E-state index is 12.3. The molecule has 142 valence electrons. The largest absolute Gasteiger partial charge is 0.381 e. The normalized spacial score (nSPS) is 16.0. The predicted molar refractivity (Wildman–Crippen MR) is 109 cm³/mol. The molecule has 1 unspecified atom stereocenters. The van der Waals surface area contributed by atoms with Crippen molar-refractivity contribution in [2.45, 2.75) is 32.2 Å². The zero-order chi connectivity index (χ0) is 17.8. The highest BCUT2D eigenvalue weighted by molar-refractivity contribution is 7.15. The Labute approximate surface area is 168 Å². The summed E-state index contributed by atoms with van der Waals surface area (Å²) in [6, 6.07) is 5.35. The molecule has 1 amide bonds. The van der Waals surface area contributed by atoms with Gasteiger partial charge in [0.15, 0.2) is 5.13 Å². The summed E-state index contributed by atoms with van der Waals surface area (Å²) >= 11 is 7.47. The van der Waals surface area contributed by atoms with Crippen LogP contribution in [-0.2, 0) is 16.0 Å². The van der Waals surface area contributed by atoms with Crippen molar-refractivity contribution in [2.75, 3.05) is 18.5 Å². The Hall–Kier alpha value is -1.18. The molecule has 0 saturated carbocycles. The van der Waals surface area contributed by atoms with Gasteiger partial charge in [0.05, 0.1) is 6.04 Å². The number of hydrogen-bond donors (Lipinski definition) is 2. The molecule has 2 aromatic rings. The van der Waals surface area contributed by atoms with Crippen LogP contribution in [-0.4, -0.2) is 30.1 Å². The summed E-state index contributed by atoms with van der Waals surface area (Å²) in [5.74, 6) is 0.000345. The van der Waals surface area contributed by atoms with Gasteiger partial charge in [0.1, 0.15) is 0 Å². The maximum atomic E-state index is 12.3. The van der Waals surface area contributed by atoms with Crippen LogP contribution in [0.15, 0.2) is 24.4 Å². The first-order valence-electron chi connectivity index (χ1n) is 8.37. The molecule has 2 heterocycles. The van der Waals surface area contributed by atoms with E-state index < -0.39 is 6.04 Å². The van der Waals surface area contributed by atoms with Gasteiger partial charge in [-0.15, -0.1) is 23.7 Å². The molecule has 1 aromatic heterocycles. The van der Waals surface area contributed by atoms with Gasteiger partial charge in [-0.05, 0) is 48.9 Å². The highest BCUT2D eigenvalue weighted by Crippen LogP contribution is 2.25. The van der Waals surface area contributed by atoms with Crippen LogP contribution in [0, 0.1) is 12.8 Å². The lowest BCUT2D eigenvalue weighted by molar-refractivity contribution is -0.119. The molecule has 1 aromatic carbocycles. The molecular formula is C18H23Cl2N3O2S. The third-order valence-corrected chi connectivity index (χ3v) is 5.68. The molecule has 1 saturated heterocycles. The SMILES string of the molecule is Cc1cc(Cl)ccc1Cc1cnc(NC(=O)C(N)C2CCOCC2)s1.Cl. The fraction of sp³-hybridized carbons (Fsp3) is 0.444. The second-order valence-electron chi connectivity index (χ2n) is 6.34. The average Bonchev–Trinajstić information content (AvgIpc) is 3.04. The van der Waals surface area contributed by atoms with Crippen LogP contribution >= 0.6 is 35.3 Å². The summed E-state index contributed by atoms with van der Waals surface area (Å²) in [7, 11) is 0. The molecular weight excluding hydrogens is 393 g/mol. The fourth-order valence-corrected chi connectivity index (χ4v) is 4.04. The van der Waals surface area contributed by atoms with Gasteiger partial charge in [0.25, 0.3) is 0 Å². The number of aryl methyl sites for hydroxylation is 1. The van der Waals surface area contributed by atoms with Gasteiger partial charge in [-0.25, -0.2) is 4.98 Å². The molecule has 0 radical (unpaired) electrons. The number of thiazole rings is 1. The summed E-state index contributed by atoms with van der Waals surface area (Å²) in [6.07, 6.45) is 4.22. The van der Waals surface area contributed by atoms with Gasteiger partial charge in [-0.1, -0.05) is 17.7 Å². The first-order valence-corrected chi connectivity index (χ1v) is 9.56. The summed E-state index contributed by atoms with van der Waals surface area (Å²) in [5.41, 5.74) is 8.45. The van der Waals surface area contributed by atoms with E-state index >= 15 is 0 Å². The summed E-state index contributed by atoms with van der Waals surface area (Å²) in [4.78, 5) is 17.7. The minimum absolute atomic E-state index is 0. The van der Waals surface area contributed by atoms with E-state index in [4.69, 9.17) is 22.1 Å². The number of nitrogens with one attached hydrogen (secondary N) is 1.